The molecule has 3 aromatic rings. The molecular weight excluding hydrogens is 457 g/mol. The molecule has 1 aliphatic heterocycles. The van der Waals surface area contributed by atoms with Gasteiger partial charge >= 0.3 is 11.7 Å². The van der Waals surface area contributed by atoms with Crippen LogP contribution in [-0.4, -0.2) is 23.1 Å². The second-order valence-electron chi connectivity index (χ2n) is 7.19. The van der Waals surface area contributed by atoms with E-state index in [1.807, 2.05) is 30.3 Å². The highest BCUT2D eigenvalue weighted by Crippen LogP contribution is 2.37. The molecule has 0 radical (unpaired) electrons. The second kappa shape index (κ2) is 8.57. The van der Waals surface area contributed by atoms with E-state index in [4.69, 9.17) is 27.9 Å². The van der Waals surface area contributed by atoms with Crippen LogP contribution in [0.2, 0.25) is 10.0 Å². The van der Waals surface area contributed by atoms with E-state index >= 15 is 0 Å². The summed E-state index contributed by atoms with van der Waals surface area (Å²) in [6.07, 6.45) is 0. The number of ether oxygens (including phenoxy) is 1. The van der Waals surface area contributed by atoms with Crippen molar-refractivity contribution >= 4 is 51.9 Å². The summed E-state index contributed by atoms with van der Waals surface area (Å²) in [5.41, 5.74) is 3.33. The van der Waals surface area contributed by atoms with Gasteiger partial charge in [0.05, 0.1) is 33.3 Å². The van der Waals surface area contributed by atoms with E-state index in [9.17, 15) is 20.0 Å². The number of fused-ring (bicyclic) bond motifs is 1. The van der Waals surface area contributed by atoms with E-state index in [1.54, 1.807) is 6.07 Å². The lowest BCUT2D eigenvalue weighted by Crippen LogP contribution is -2.14. The summed E-state index contributed by atoms with van der Waals surface area (Å²) >= 11 is 12.2. The zero-order chi connectivity index (χ0) is 23.0. The van der Waals surface area contributed by atoms with Crippen molar-refractivity contribution < 1.29 is 19.6 Å². The highest BCUT2D eigenvalue weighted by atomic mass is 35.5. The zero-order valence-electron chi connectivity index (χ0n) is 16.8. The fourth-order valence-electron chi connectivity index (χ4n) is 3.65. The molecule has 0 aliphatic carbocycles. The van der Waals surface area contributed by atoms with Crippen LogP contribution in [0.15, 0.2) is 48.5 Å². The molecule has 0 bridgehead atoms. The first-order valence-corrected chi connectivity index (χ1v) is 10.2. The number of carboxylic acids is 1. The summed E-state index contributed by atoms with van der Waals surface area (Å²) in [7, 11) is 1.29. The van der Waals surface area contributed by atoms with Gasteiger partial charge in [-0.1, -0.05) is 29.3 Å². The number of rotatable bonds is 6. The Kier molecular flexibility index (Phi) is 5.82. The highest BCUT2D eigenvalue weighted by molar-refractivity contribution is 6.42. The molecule has 2 N–H and O–H groups in total. The van der Waals surface area contributed by atoms with Crippen molar-refractivity contribution in [1.82, 2.24) is 0 Å². The summed E-state index contributed by atoms with van der Waals surface area (Å²) < 4.78 is 5.07. The van der Waals surface area contributed by atoms with Crippen molar-refractivity contribution in [3.05, 3.63) is 85.4 Å². The number of nitro benzene ring substituents is 1. The molecule has 0 fully saturated rings. The van der Waals surface area contributed by atoms with Gasteiger partial charge in [-0.15, -0.1) is 0 Å². The first-order chi connectivity index (χ1) is 15.3. The van der Waals surface area contributed by atoms with Gasteiger partial charge in [0, 0.05) is 36.6 Å². The number of hydrogen-bond donors (Lipinski definition) is 2. The minimum Gasteiger partial charge on any atom is -0.490 e. The van der Waals surface area contributed by atoms with Gasteiger partial charge in [0.25, 0.3) is 0 Å². The van der Waals surface area contributed by atoms with E-state index in [2.05, 4.69) is 10.2 Å². The quantitative estimate of drug-likeness (QED) is 0.340. The molecule has 0 aromatic heterocycles. The number of halogens is 2. The number of aromatic carboxylic acids is 1. The minimum atomic E-state index is -1.29. The van der Waals surface area contributed by atoms with Gasteiger partial charge in [-0.2, -0.15) is 0 Å². The average Bonchev–Trinajstić information content (AvgIpc) is 3.18. The van der Waals surface area contributed by atoms with Crippen molar-refractivity contribution in [3.63, 3.8) is 0 Å². The van der Waals surface area contributed by atoms with Gasteiger partial charge in [-0.25, -0.2) is 4.79 Å². The Morgan fingerprint density at radius 1 is 1.09 bits per heavy atom. The number of nitrogens with one attached hydrogen (secondary N) is 1. The zero-order valence-corrected chi connectivity index (χ0v) is 18.3. The molecule has 0 saturated carbocycles. The Morgan fingerprint density at radius 3 is 2.50 bits per heavy atom. The average molecular weight is 474 g/mol. The molecule has 0 amide bonds. The predicted molar refractivity (Wildman–Crippen MR) is 123 cm³/mol. The van der Waals surface area contributed by atoms with E-state index in [-0.39, 0.29) is 17.0 Å². The Balaban J connectivity index is 1.62. The van der Waals surface area contributed by atoms with Gasteiger partial charge in [-0.05, 0) is 41.5 Å². The normalized spacial score (nSPS) is 12.4. The first-order valence-electron chi connectivity index (χ1n) is 9.45. The van der Waals surface area contributed by atoms with E-state index in [0.717, 1.165) is 22.9 Å². The number of benzene rings is 3. The Hall–Kier alpha value is -3.49. The van der Waals surface area contributed by atoms with Gasteiger partial charge < -0.3 is 20.1 Å². The predicted octanol–water partition coefficient (Wildman–Crippen LogP) is 5.87. The highest BCUT2D eigenvalue weighted by Gasteiger charge is 2.24. The third-order valence-corrected chi connectivity index (χ3v) is 5.96. The Bertz CT molecular complexity index is 1250. The van der Waals surface area contributed by atoms with Crippen molar-refractivity contribution in [1.29, 1.82) is 0 Å². The lowest BCUT2D eigenvalue weighted by atomic mass is 10.1. The maximum atomic E-state index is 11.7. The topological polar surface area (TPSA) is 105 Å². The first kappa shape index (κ1) is 21.7. The molecule has 0 spiro atoms. The molecule has 1 heterocycles. The van der Waals surface area contributed by atoms with Crippen LogP contribution in [0.3, 0.4) is 0 Å². The lowest BCUT2D eigenvalue weighted by molar-refractivity contribution is -0.385. The maximum Gasteiger partial charge on any atom is 0.338 e. The van der Waals surface area contributed by atoms with Crippen LogP contribution in [0.5, 0.6) is 5.75 Å². The van der Waals surface area contributed by atoms with Crippen LogP contribution in [-0.2, 0) is 13.1 Å². The smallest absolute Gasteiger partial charge is 0.338 e. The van der Waals surface area contributed by atoms with Gasteiger partial charge in [0.1, 0.15) is 0 Å². The number of carbonyl (C=O) groups is 1. The molecule has 8 nitrogen and oxygen atoms in total. The molecule has 1 aliphatic rings. The van der Waals surface area contributed by atoms with Gasteiger partial charge in [0.15, 0.2) is 5.75 Å². The van der Waals surface area contributed by atoms with Gasteiger partial charge in [-0.3, -0.25) is 10.1 Å². The minimum absolute atomic E-state index is 0.0329. The maximum absolute atomic E-state index is 11.7. The third-order valence-electron chi connectivity index (χ3n) is 5.22. The van der Waals surface area contributed by atoms with Crippen molar-refractivity contribution in [2.75, 3.05) is 17.3 Å². The number of methoxy groups -OCH3 is 1. The van der Waals surface area contributed by atoms with Crippen LogP contribution < -0.4 is 15.0 Å². The summed E-state index contributed by atoms with van der Waals surface area (Å²) in [6.45, 7) is 1.33. The summed E-state index contributed by atoms with van der Waals surface area (Å²) in [5, 5.41) is 24.8. The molecule has 164 valence electrons. The fourth-order valence-corrected chi connectivity index (χ4v) is 3.94. The van der Waals surface area contributed by atoms with Crippen LogP contribution >= 0.6 is 23.2 Å². The fraction of sp³-hybridized carbons (Fsp3) is 0.136. The van der Waals surface area contributed by atoms with E-state index < -0.39 is 16.6 Å². The number of carboxylic acid groups (broad SMARTS) is 1. The standard InChI is InChI=1S/C22H17Cl2N3O5/c1-32-21-9-19(16(22(28)29)8-20(21)27(30)31)25-14-3-2-12-10-26(11-13(12)6-14)15-4-5-17(23)18(24)7-15/h2-9,25H,10-11H2,1H3,(H,28,29). The molecule has 10 heteroatoms. The molecule has 4 rings (SSSR count). The van der Waals surface area contributed by atoms with Crippen molar-refractivity contribution in [2.24, 2.45) is 0 Å². The second-order valence-corrected chi connectivity index (χ2v) is 8.01. The van der Waals surface area contributed by atoms with E-state index in [1.165, 1.54) is 13.2 Å². The van der Waals surface area contributed by atoms with Crippen LogP contribution in [0.25, 0.3) is 0 Å². The molecule has 32 heavy (non-hydrogen) atoms. The lowest BCUT2D eigenvalue weighted by Gasteiger charge is -2.18. The number of anilines is 3. The van der Waals surface area contributed by atoms with Crippen molar-refractivity contribution in [3.8, 4) is 5.75 Å². The molecule has 0 unspecified atom stereocenters. The number of nitrogens with zero attached hydrogens (tertiary/aromatic N) is 2. The number of nitro groups is 1. The largest absolute Gasteiger partial charge is 0.490 e. The Labute approximate surface area is 193 Å². The van der Waals surface area contributed by atoms with Crippen molar-refractivity contribution in [2.45, 2.75) is 13.1 Å². The molecule has 0 saturated heterocycles. The van der Waals surface area contributed by atoms with Crippen LogP contribution in [0.4, 0.5) is 22.7 Å². The molecular formula is C22H17Cl2N3O5. The number of hydrogen-bond acceptors (Lipinski definition) is 6. The summed E-state index contributed by atoms with van der Waals surface area (Å²) in [4.78, 5) is 24.4. The van der Waals surface area contributed by atoms with Gasteiger partial charge in [0.2, 0.25) is 0 Å². The van der Waals surface area contributed by atoms with Crippen LogP contribution in [0, 0.1) is 10.1 Å². The summed E-state index contributed by atoms with van der Waals surface area (Å²) in [5.74, 6) is -1.32. The Morgan fingerprint density at radius 2 is 1.84 bits per heavy atom. The third kappa shape index (κ3) is 4.15. The molecule has 0 atom stereocenters. The molecule has 3 aromatic carbocycles. The van der Waals surface area contributed by atoms with E-state index in [0.29, 0.717) is 28.8 Å². The SMILES string of the molecule is COc1cc(Nc2ccc3c(c2)CN(c2ccc(Cl)c(Cl)c2)C3)c(C(=O)O)cc1[N+](=O)[O-]. The summed E-state index contributed by atoms with van der Waals surface area (Å²) in [6, 6.07) is 13.5. The monoisotopic (exact) mass is 473 g/mol. The van der Waals surface area contributed by atoms with Crippen LogP contribution in [0.1, 0.15) is 21.5 Å².